The average molecular weight is 329 g/mol. The van der Waals surface area contributed by atoms with Crippen LogP contribution >= 0.6 is 22.9 Å². The van der Waals surface area contributed by atoms with Crippen molar-refractivity contribution in [3.8, 4) is 0 Å². The lowest BCUT2D eigenvalue weighted by molar-refractivity contribution is 0.172. The number of carbonyl (C=O) groups is 1. The first kappa shape index (κ1) is 15.8. The first-order chi connectivity index (χ1) is 10.1. The highest BCUT2D eigenvalue weighted by Gasteiger charge is 2.11. The van der Waals surface area contributed by atoms with Crippen LogP contribution in [0.1, 0.15) is 17.2 Å². The number of aliphatic hydroxyl groups excluding tert-OH is 1. The topological polar surface area (TPSA) is 61.4 Å². The SMILES string of the molecule is O=C(NCc1ccsc1)NC[C@@H](O)c1ccc(Cl)c(F)c1. The molecule has 1 atom stereocenters. The van der Waals surface area contributed by atoms with Gasteiger partial charge in [-0.15, -0.1) is 0 Å². The van der Waals surface area contributed by atoms with Crippen molar-refractivity contribution in [2.24, 2.45) is 0 Å². The maximum atomic E-state index is 13.3. The summed E-state index contributed by atoms with van der Waals surface area (Å²) >= 11 is 7.12. The molecule has 0 saturated carbocycles. The fourth-order valence-electron chi connectivity index (χ4n) is 1.66. The van der Waals surface area contributed by atoms with Crippen LogP contribution in [0.4, 0.5) is 9.18 Å². The van der Waals surface area contributed by atoms with Gasteiger partial charge in [0.1, 0.15) is 5.82 Å². The summed E-state index contributed by atoms with van der Waals surface area (Å²) in [6.07, 6.45) is -0.997. The van der Waals surface area contributed by atoms with Gasteiger partial charge in [0.2, 0.25) is 0 Å². The molecular formula is C14H14ClFN2O2S. The van der Waals surface area contributed by atoms with E-state index >= 15 is 0 Å². The van der Waals surface area contributed by atoms with Crippen molar-refractivity contribution in [1.29, 1.82) is 0 Å². The number of amides is 2. The van der Waals surface area contributed by atoms with Crippen LogP contribution in [0.2, 0.25) is 5.02 Å². The lowest BCUT2D eigenvalue weighted by Gasteiger charge is -2.13. The molecule has 7 heteroatoms. The van der Waals surface area contributed by atoms with Crippen LogP contribution in [0.15, 0.2) is 35.0 Å². The molecule has 4 nitrogen and oxygen atoms in total. The number of hydrogen-bond acceptors (Lipinski definition) is 3. The van der Waals surface area contributed by atoms with Crippen LogP contribution in [0.5, 0.6) is 0 Å². The van der Waals surface area contributed by atoms with Crippen molar-refractivity contribution in [2.45, 2.75) is 12.6 Å². The lowest BCUT2D eigenvalue weighted by atomic mass is 10.1. The molecule has 21 heavy (non-hydrogen) atoms. The summed E-state index contributed by atoms with van der Waals surface area (Å²) in [5.74, 6) is -0.602. The van der Waals surface area contributed by atoms with Crippen LogP contribution in [0, 0.1) is 5.82 Å². The van der Waals surface area contributed by atoms with Gasteiger partial charge in [-0.05, 0) is 40.1 Å². The average Bonchev–Trinajstić information content (AvgIpc) is 2.98. The van der Waals surface area contributed by atoms with Crippen LogP contribution in [-0.4, -0.2) is 17.7 Å². The second-order valence-corrected chi connectivity index (χ2v) is 5.57. The summed E-state index contributed by atoms with van der Waals surface area (Å²) in [5, 5.41) is 18.9. The Morgan fingerprint density at radius 1 is 1.38 bits per heavy atom. The van der Waals surface area contributed by atoms with Crippen LogP contribution < -0.4 is 10.6 Å². The van der Waals surface area contributed by atoms with E-state index in [0.29, 0.717) is 12.1 Å². The molecule has 3 N–H and O–H groups in total. The maximum Gasteiger partial charge on any atom is 0.315 e. The zero-order chi connectivity index (χ0) is 15.2. The Labute approximate surface area is 130 Å². The number of carbonyl (C=O) groups excluding carboxylic acids is 1. The first-order valence-corrected chi connectivity index (χ1v) is 7.54. The minimum Gasteiger partial charge on any atom is -0.387 e. The zero-order valence-electron chi connectivity index (χ0n) is 11.0. The molecule has 0 spiro atoms. The molecule has 0 aliphatic heterocycles. The van der Waals surface area contributed by atoms with E-state index in [1.165, 1.54) is 12.1 Å². The second kappa shape index (κ2) is 7.40. The van der Waals surface area contributed by atoms with Crippen molar-refractivity contribution in [2.75, 3.05) is 6.54 Å². The smallest absolute Gasteiger partial charge is 0.315 e. The van der Waals surface area contributed by atoms with Gasteiger partial charge in [-0.25, -0.2) is 9.18 Å². The van der Waals surface area contributed by atoms with Crippen molar-refractivity contribution in [1.82, 2.24) is 10.6 Å². The number of rotatable bonds is 5. The molecule has 2 aromatic rings. The highest BCUT2D eigenvalue weighted by molar-refractivity contribution is 7.07. The van der Waals surface area contributed by atoms with E-state index in [1.807, 2.05) is 16.8 Å². The van der Waals surface area contributed by atoms with Gasteiger partial charge in [-0.1, -0.05) is 17.7 Å². The van der Waals surface area contributed by atoms with E-state index in [-0.39, 0.29) is 11.6 Å². The predicted molar refractivity (Wildman–Crippen MR) is 80.9 cm³/mol. The number of halogens is 2. The third-order valence-corrected chi connectivity index (χ3v) is 3.86. The van der Waals surface area contributed by atoms with Gasteiger partial charge in [-0.2, -0.15) is 11.3 Å². The minimum atomic E-state index is -0.997. The Morgan fingerprint density at radius 2 is 2.19 bits per heavy atom. The largest absolute Gasteiger partial charge is 0.387 e. The van der Waals surface area contributed by atoms with E-state index in [1.54, 1.807) is 11.3 Å². The monoisotopic (exact) mass is 328 g/mol. The van der Waals surface area contributed by atoms with Gasteiger partial charge in [0.05, 0.1) is 11.1 Å². The summed E-state index contributed by atoms with van der Waals surface area (Å²) in [6.45, 7) is 0.400. The molecule has 0 aliphatic rings. The highest BCUT2D eigenvalue weighted by atomic mass is 35.5. The van der Waals surface area contributed by atoms with E-state index in [0.717, 1.165) is 11.6 Å². The molecule has 112 valence electrons. The number of hydrogen-bond donors (Lipinski definition) is 3. The Balaban J connectivity index is 1.78. The van der Waals surface area contributed by atoms with Gasteiger partial charge in [0, 0.05) is 13.1 Å². The minimum absolute atomic E-state index is 0.00702. The number of thiophene rings is 1. The van der Waals surface area contributed by atoms with Gasteiger partial charge >= 0.3 is 6.03 Å². The summed E-state index contributed by atoms with van der Waals surface area (Å²) in [7, 11) is 0. The molecule has 1 aromatic heterocycles. The summed E-state index contributed by atoms with van der Waals surface area (Å²) in [6, 6.07) is 5.55. The first-order valence-electron chi connectivity index (χ1n) is 6.22. The van der Waals surface area contributed by atoms with Crippen LogP contribution in [0.3, 0.4) is 0 Å². The van der Waals surface area contributed by atoms with Crippen molar-refractivity contribution in [3.05, 3.63) is 57.0 Å². The number of nitrogens with one attached hydrogen (secondary N) is 2. The molecule has 1 heterocycles. The molecule has 2 rings (SSSR count). The van der Waals surface area contributed by atoms with Gasteiger partial charge < -0.3 is 15.7 Å². The standard InChI is InChI=1S/C14H14ClFN2O2S/c15-11-2-1-10(5-12(11)16)13(19)7-18-14(20)17-6-9-3-4-21-8-9/h1-5,8,13,19H,6-7H2,(H2,17,18,20)/t13-/m1/s1. The van der Waals surface area contributed by atoms with Crippen molar-refractivity contribution < 1.29 is 14.3 Å². The van der Waals surface area contributed by atoms with Crippen LogP contribution in [-0.2, 0) is 6.54 Å². The van der Waals surface area contributed by atoms with Crippen molar-refractivity contribution >= 4 is 29.0 Å². The van der Waals surface area contributed by atoms with Gasteiger partial charge in [0.25, 0.3) is 0 Å². The Bertz CT molecular complexity index is 607. The molecule has 1 aromatic carbocycles. The van der Waals surface area contributed by atoms with E-state index in [2.05, 4.69) is 10.6 Å². The van der Waals surface area contributed by atoms with E-state index in [4.69, 9.17) is 11.6 Å². The van der Waals surface area contributed by atoms with E-state index in [9.17, 15) is 14.3 Å². The summed E-state index contributed by atoms with van der Waals surface area (Å²) in [4.78, 5) is 11.6. The second-order valence-electron chi connectivity index (χ2n) is 4.38. The van der Waals surface area contributed by atoms with Crippen LogP contribution in [0.25, 0.3) is 0 Å². The highest BCUT2D eigenvalue weighted by Crippen LogP contribution is 2.19. The number of urea groups is 1. The molecule has 0 saturated heterocycles. The molecule has 0 fully saturated rings. The molecule has 0 unspecified atom stereocenters. The Hall–Kier alpha value is -1.63. The lowest BCUT2D eigenvalue weighted by Crippen LogP contribution is -2.37. The van der Waals surface area contributed by atoms with Gasteiger partial charge in [-0.3, -0.25) is 0 Å². The fourth-order valence-corrected chi connectivity index (χ4v) is 2.45. The zero-order valence-corrected chi connectivity index (χ0v) is 12.5. The third-order valence-electron chi connectivity index (χ3n) is 2.82. The van der Waals surface area contributed by atoms with Gasteiger partial charge in [0.15, 0.2) is 0 Å². The Morgan fingerprint density at radius 3 is 2.86 bits per heavy atom. The van der Waals surface area contributed by atoms with Crippen molar-refractivity contribution in [3.63, 3.8) is 0 Å². The predicted octanol–water partition coefficient (Wildman–Crippen LogP) is 3.07. The molecule has 0 radical (unpaired) electrons. The fraction of sp³-hybridized carbons (Fsp3) is 0.214. The number of aliphatic hydroxyl groups is 1. The quantitative estimate of drug-likeness (QED) is 0.790. The normalized spacial score (nSPS) is 12.0. The molecular weight excluding hydrogens is 315 g/mol. The Kier molecular flexibility index (Phi) is 5.55. The van der Waals surface area contributed by atoms with E-state index < -0.39 is 18.0 Å². The molecule has 2 amide bonds. The maximum absolute atomic E-state index is 13.3. The number of benzene rings is 1. The molecule has 0 bridgehead atoms. The molecule has 0 aliphatic carbocycles. The summed E-state index contributed by atoms with van der Waals surface area (Å²) in [5.41, 5.74) is 1.37. The summed E-state index contributed by atoms with van der Waals surface area (Å²) < 4.78 is 13.3. The third kappa shape index (κ3) is 4.70.